The summed E-state index contributed by atoms with van der Waals surface area (Å²) in [6.07, 6.45) is 9.10. The second-order valence-corrected chi connectivity index (χ2v) is 5.62. The number of hydrogen-bond donors (Lipinski definition) is 1. The molecule has 2 rings (SSSR count). The van der Waals surface area contributed by atoms with Crippen LogP contribution in [0.15, 0.2) is 12.3 Å². The number of aromatic nitrogens is 2. The van der Waals surface area contributed by atoms with Crippen molar-refractivity contribution in [3.63, 3.8) is 0 Å². The summed E-state index contributed by atoms with van der Waals surface area (Å²) in [4.78, 5) is 0. The van der Waals surface area contributed by atoms with E-state index in [0.717, 1.165) is 37.8 Å². The van der Waals surface area contributed by atoms with E-state index in [1.165, 1.54) is 6.42 Å². The number of nitrogens with zero attached hydrogens (tertiary/aromatic N) is 2. The molecule has 4 nitrogen and oxygen atoms in total. The van der Waals surface area contributed by atoms with Crippen LogP contribution in [-0.2, 0) is 11.3 Å². The first-order valence-electron chi connectivity index (χ1n) is 7.64. The average molecular weight is 265 g/mol. The van der Waals surface area contributed by atoms with E-state index in [0.29, 0.717) is 24.8 Å². The van der Waals surface area contributed by atoms with Crippen molar-refractivity contribution in [2.24, 2.45) is 5.73 Å². The van der Waals surface area contributed by atoms with Crippen molar-refractivity contribution in [1.29, 1.82) is 0 Å². The summed E-state index contributed by atoms with van der Waals surface area (Å²) in [6.45, 7) is 5.02. The predicted molar refractivity (Wildman–Crippen MR) is 76.9 cm³/mol. The summed E-state index contributed by atoms with van der Waals surface area (Å²) in [5, 5.41) is 4.62. The molecule has 0 radical (unpaired) electrons. The smallest absolute Gasteiger partial charge is 0.0910 e. The largest absolute Gasteiger partial charge is 0.372 e. The maximum Gasteiger partial charge on any atom is 0.0910 e. The minimum Gasteiger partial charge on any atom is -0.372 e. The lowest BCUT2D eigenvalue weighted by Gasteiger charge is -2.26. The zero-order valence-corrected chi connectivity index (χ0v) is 12.2. The molecule has 2 unspecified atom stereocenters. The van der Waals surface area contributed by atoms with E-state index in [1.54, 1.807) is 0 Å². The molecule has 0 aromatic carbocycles. The highest BCUT2D eigenvalue weighted by atomic mass is 16.5. The van der Waals surface area contributed by atoms with Gasteiger partial charge in [0, 0.05) is 12.2 Å². The van der Waals surface area contributed by atoms with Gasteiger partial charge in [-0.15, -0.1) is 0 Å². The van der Waals surface area contributed by atoms with Gasteiger partial charge in [0.25, 0.3) is 0 Å². The molecule has 0 spiro atoms. The van der Waals surface area contributed by atoms with E-state index in [1.807, 2.05) is 0 Å². The molecule has 2 N–H and O–H groups in total. The van der Waals surface area contributed by atoms with E-state index in [-0.39, 0.29) is 0 Å². The van der Waals surface area contributed by atoms with Crippen LogP contribution in [0.25, 0.3) is 0 Å². The molecule has 1 aromatic heterocycles. The quantitative estimate of drug-likeness (QED) is 0.860. The summed E-state index contributed by atoms with van der Waals surface area (Å²) in [6, 6.07) is 2.90. The van der Waals surface area contributed by atoms with Gasteiger partial charge in [-0.3, -0.25) is 4.68 Å². The Balaban J connectivity index is 1.83. The Morgan fingerprint density at radius 2 is 2.21 bits per heavy atom. The third-order valence-electron chi connectivity index (χ3n) is 4.11. The van der Waals surface area contributed by atoms with Crippen molar-refractivity contribution in [3.8, 4) is 0 Å². The lowest BCUT2D eigenvalue weighted by molar-refractivity contribution is 0.0104. The van der Waals surface area contributed by atoms with Gasteiger partial charge in [0.1, 0.15) is 0 Å². The molecular formula is C15H27N3O. The maximum absolute atomic E-state index is 5.97. The normalized spacial score (nSPS) is 24.0. The highest BCUT2D eigenvalue weighted by molar-refractivity contribution is 4.98. The molecule has 1 fully saturated rings. The van der Waals surface area contributed by atoms with Crippen LogP contribution in [0, 0.1) is 0 Å². The van der Waals surface area contributed by atoms with Crippen LogP contribution in [-0.4, -0.2) is 21.9 Å². The molecule has 108 valence electrons. The molecule has 0 bridgehead atoms. The molecule has 4 heteroatoms. The van der Waals surface area contributed by atoms with Crippen molar-refractivity contribution in [3.05, 3.63) is 18.0 Å². The first kappa shape index (κ1) is 14.5. The maximum atomic E-state index is 5.97. The van der Waals surface area contributed by atoms with Gasteiger partial charge in [0.15, 0.2) is 0 Å². The first-order chi connectivity index (χ1) is 9.22. The minimum atomic E-state index is 0.320. The topological polar surface area (TPSA) is 53.1 Å². The molecule has 1 aliphatic rings. The molecule has 1 aromatic rings. The van der Waals surface area contributed by atoms with Gasteiger partial charge >= 0.3 is 0 Å². The molecular weight excluding hydrogens is 238 g/mol. The Bertz CT molecular complexity index is 373. The fourth-order valence-corrected chi connectivity index (χ4v) is 2.86. The number of rotatable bonds is 6. The Kier molecular flexibility index (Phi) is 5.40. The minimum absolute atomic E-state index is 0.320. The van der Waals surface area contributed by atoms with E-state index >= 15 is 0 Å². The SMILES string of the molecule is CCC(CC)n1ccc(COC2CCCC(N)C2)n1. The van der Waals surface area contributed by atoms with Crippen LogP contribution in [0.5, 0.6) is 0 Å². The Morgan fingerprint density at radius 1 is 1.42 bits per heavy atom. The summed E-state index contributed by atoms with van der Waals surface area (Å²) in [5.74, 6) is 0. The second kappa shape index (κ2) is 7.06. The van der Waals surface area contributed by atoms with E-state index in [9.17, 15) is 0 Å². The standard InChI is InChI=1S/C15H27N3O/c1-3-14(4-2)18-9-8-13(17-18)11-19-15-7-5-6-12(16)10-15/h8-9,12,14-15H,3-7,10-11,16H2,1-2H3. The third-order valence-corrected chi connectivity index (χ3v) is 4.11. The number of nitrogens with two attached hydrogens (primary N) is 1. The van der Waals surface area contributed by atoms with E-state index < -0.39 is 0 Å². The van der Waals surface area contributed by atoms with Crippen molar-refractivity contribution >= 4 is 0 Å². The molecule has 19 heavy (non-hydrogen) atoms. The van der Waals surface area contributed by atoms with Crippen molar-refractivity contribution in [1.82, 2.24) is 9.78 Å². The van der Waals surface area contributed by atoms with Crippen molar-refractivity contribution in [2.75, 3.05) is 0 Å². The van der Waals surface area contributed by atoms with Gasteiger partial charge in [-0.2, -0.15) is 5.10 Å². The lowest BCUT2D eigenvalue weighted by Crippen LogP contribution is -2.32. The van der Waals surface area contributed by atoms with E-state index in [2.05, 4.69) is 35.9 Å². The Labute approximate surface area is 116 Å². The van der Waals surface area contributed by atoms with Gasteiger partial charge < -0.3 is 10.5 Å². The molecule has 1 aliphatic carbocycles. The molecule has 0 saturated heterocycles. The molecule has 2 atom stereocenters. The summed E-state index contributed by atoms with van der Waals surface area (Å²) in [7, 11) is 0. The molecule has 0 aliphatic heterocycles. The van der Waals surface area contributed by atoms with Crippen LogP contribution >= 0.6 is 0 Å². The molecule has 0 amide bonds. The fourth-order valence-electron chi connectivity index (χ4n) is 2.86. The van der Waals surface area contributed by atoms with Gasteiger partial charge in [0.2, 0.25) is 0 Å². The van der Waals surface area contributed by atoms with Gasteiger partial charge in [0.05, 0.1) is 24.4 Å². The third kappa shape index (κ3) is 4.05. The van der Waals surface area contributed by atoms with Crippen LogP contribution < -0.4 is 5.73 Å². The average Bonchev–Trinajstić information content (AvgIpc) is 2.87. The highest BCUT2D eigenvalue weighted by Crippen LogP contribution is 2.21. The Hall–Kier alpha value is -0.870. The van der Waals surface area contributed by atoms with Crippen LogP contribution in [0.2, 0.25) is 0 Å². The van der Waals surface area contributed by atoms with Crippen LogP contribution in [0.3, 0.4) is 0 Å². The van der Waals surface area contributed by atoms with Crippen molar-refractivity contribution in [2.45, 2.75) is 77.2 Å². The zero-order valence-electron chi connectivity index (χ0n) is 12.2. The lowest BCUT2D eigenvalue weighted by atomic mass is 9.94. The fraction of sp³-hybridized carbons (Fsp3) is 0.800. The van der Waals surface area contributed by atoms with Gasteiger partial charge in [-0.25, -0.2) is 0 Å². The summed E-state index contributed by atoms with van der Waals surface area (Å²) in [5.41, 5.74) is 7.01. The van der Waals surface area contributed by atoms with Crippen LogP contribution in [0.1, 0.15) is 64.1 Å². The molecule has 1 saturated carbocycles. The number of ether oxygens (including phenoxy) is 1. The summed E-state index contributed by atoms with van der Waals surface area (Å²) < 4.78 is 8.02. The Morgan fingerprint density at radius 3 is 2.89 bits per heavy atom. The molecule has 1 heterocycles. The van der Waals surface area contributed by atoms with Gasteiger partial charge in [-0.1, -0.05) is 13.8 Å². The first-order valence-corrected chi connectivity index (χ1v) is 7.64. The predicted octanol–water partition coefficient (Wildman–Crippen LogP) is 3.03. The zero-order chi connectivity index (χ0) is 13.7. The monoisotopic (exact) mass is 265 g/mol. The second-order valence-electron chi connectivity index (χ2n) is 5.62. The van der Waals surface area contributed by atoms with Crippen molar-refractivity contribution < 1.29 is 4.74 Å². The van der Waals surface area contributed by atoms with Gasteiger partial charge in [-0.05, 0) is 44.6 Å². The highest BCUT2D eigenvalue weighted by Gasteiger charge is 2.20. The summed E-state index contributed by atoms with van der Waals surface area (Å²) >= 11 is 0. The van der Waals surface area contributed by atoms with Crippen LogP contribution in [0.4, 0.5) is 0 Å². The number of hydrogen-bond acceptors (Lipinski definition) is 3. The van der Waals surface area contributed by atoms with E-state index in [4.69, 9.17) is 10.5 Å².